The van der Waals surface area contributed by atoms with E-state index >= 15 is 0 Å². The van der Waals surface area contributed by atoms with E-state index in [2.05, 4.69) is 16.7 Å². The van der Waals surface area contributed by atoms with Gasteiger partial charge in [0.2, 0.25) is 0 Å². The summed E-state index contributed by atoms with van der Waals surface area (Å²) < 4.78 is 0. The van der Waals surface area contributed by atoms with E-state index in [4.69, 9.17) is 5.41 Å². The monoisotopic (exact) mass is 209 g/mol. The molecular weight excluding hydrogens is 186 g/mol. The number of piperazine rings is 1. The SMILES string of the molecule is CCCC(=N)N1CCN(CC2CC2)CC1. The number of amidine groups is 1. The topological polar surface area (TPSA) is 30.3 Å². The molecule has 3 heteroatoms. The highest BCUT2D eigenvalue weighted by Gasteiger charge is 2.26. The minimum atomic E-state index is 0.851. The molecule has 0 spiro atoms. The van der Waals surface area contributed by atoms with Crippen LogP contribution < -0.4 is 0 Å². The van der Waals surface area contributed by atoms with Crippen LogP contribution in [-0.4, -0.2) is 48.4 Å². The van der Waals surface area contributed by atoms with Gasteiger partial charge in [-0.25, -0.2) is 0 Å². The fourth-order valence-electron chi connectivity index (χ4n) is 2.26. The highest BCUT2D eigenvalue weighted by Crippen LogP contribution is 2.29. The van der Waals surface area contributed by atoms with E-state index in [1.54, 1.807) is 0 Å². The lowest BCUT2D eigenvalue weighted by molar-refractivity contribution is 0.174. The lowest BCUT2D eigenvalue weighted by atomic mass is 10.2. The summed E-state index contributed by atoms with van der Waals surface area (Å²) in [4.78, 5) is 4.83. The second-order valence-corrected chi connectivity index (χ2v) is 4.93. The minimum Gasteiger partial charge on any atom is -0.358 e. The standard InChI is InChI=1S/C12H23N3/c1-2-3-12(13)15-8-6-14(7-9-15)10-11-4-5-11/h11,13H,2-10H2,1H3. The van der Waals surface area contributed by atoms with Gasteiger partial charge in [-0.05, 0) is 25.2 Å². The number of nitrogens with zero attached hydrogens (tertiary/aromatic N) is 2. The second kappa shape index (κ2) is 4.97. The van der Waals surface area contributed by atoms with Crippen LogP contribution in [0.15, 0.2) is 0 Å². The Morgan fingerprint density at radius 3 is 2.40 bits per heavy atom. The van der Waals surface area contributed by atoms with E-state index in [1.807, 2.05) is 0 Å². The zero-order valence-corrected chi connectivity index (χ0v) is 9.84. The van der Waals surface area contributed by atoms with Gasteiger partial charge in [0, 0.05) is 39.1 Å². The van der Waals surface area contributed by atoms with Crippen LogP contribution in [0.5, 0.6) is 0 Å². The first-order valence-electron chi connectivity index (χ1n) is 6.34. The third-order valence-electron chi connectivity index (χ3n) is 3.45. The van der Waals surface area contributed by atoms with Crippen LogP contribution in [0.1, 0.15) is 32.6 Å². The van der Waals surface area contributed by atoms with Gasteiger partial charge in [0.1, 0.15) is 0 Å². The first-order valence-corrected chi connectivity index (χ1v) is 6.34. The molecule has 1 heterocycles. The zero-order valence-electron chi connectivity index (χ0n) is 9.84. The highest BCUT2D eigenvalue weighted by atomic mass is 15.3. The van der Waals surface area contributed by atoms with Gasteiger partial charge in [-0.3, -0.25) is 10.3 Å². The second-order valence-electron chi connectivity index (χ2n) is 4.93. The average molecular weight is 209 g/mol. The van der Waals surface area contributed by atoms with Crippen LogP contribution in [-0.2, 0) is 0 Å². The van der Waals surface area contributed by atoms with Crippen molar-refractivity contribution in [3.63, 3.8) is 0 Å². The maximum Gasteiger partial charge on any atom is 0.0958 e. The van der Waals surface area contributed by atoms with Gasteiger partial charge in [0.05, 0.1) is 5.84 Å². The van der Waals surface area contributed by atoms with E-state index in [0.717, 1.165) is 37.7 Å². The molecule has 0 aromatic heterocycles. The van der Waals surface area contributed by atoms with E-state index in [0.29, 0.717) is 0 Å². The van der Waals surface area contributed by atoms with Crippen molar-refractivity contribution in [2.24, 2.45) is 5.92 Å². The molecule has 2 aliphatic rings. The Morgan fingerprint density at radius 1 is 1.20 bits per heavy atom. The van der Waals surface area contributed by atoms with Crippen molar-refractivity contribution >= 4 is 5.84 Å². The van der Waals surface area contributed by atoms with Crippen molar-refractivity contribution in [3.8, 4) is 0 Å². The summed E-state index contributed by atoms with van der Waals surface area (Å²) in [5.74, 6) is 1.86. The van der Waals surface area contributed by atoms with Crippen LogP contribution in [0.25, 0.3) is 0 Å². The van der Waals surface area contributed by atoms with Gasteiger partial charge < -0.3 is 4.90 Å². The number of rotatable bonds is 4. The lowest BCUT2D eigenvalue weighted by Gasteiger charge is -2.36. The predicted octanol–water partition coefficient (Wildman–Crippen LogP) is 1.79. The molecule has 1 aliphatic carbocycles. The Morgan fingerprint density at radius 2 is 1.87 bits per heavy atom. The third kappa shape index (κ3) is 3.20. The van der Waals surface area contributed by atoms with Crippen LogP contribution in [0.3, 0.4) is 0 Å². The number of nitrogens with one attached hydrogen (secondary N) is 1. The molecule has 0 aromatic carbocycles. The largest absolute Gasteiger partial charge is 0.358 e. The fourth-order valence-corrected chi connectivity index (χ4v) is 2.26. The molecule has 0 unspecified atom stereocenters. The smallest absolute Gasteiger partial charge is 0.0958 e. The molecule has 2 rings (SSSR count). The average Bonchev–Trinajstić information content (AvgIpc) is 3.03. The molecule has 15 heavy (non-hydrogen) atoms. The molecule has 1 saturated carbocycles. The molecule has 0 atom stereocenters. The predicted molar refractivity (Wildman–Crippen MR) is 63.4 cm³/mol. The summed E-state index contributed by atoms with van der Waals surface area (Å²) in [6.07, 6.45) is 4.95. The van der Waals surface area contributed by atoms with E-state index in [-0.39, 0.29) is 0 Å². The maximum absolute atomic E-state index is 7.91. The van der Waals surface area contributed by atoms with Crippen molar-refractivity contribution in [2.45, 2.75) is 32.6 Å². The maximum atomic E-state index is 7.91. The number of hydrogen-bond donors (Lipinski definition) is 1. The molecule has 0 radical (unpaired) electrons. The van der Waals surface area contributed by atoms with Crippen LogP contribution in [0.2, 0.25) is 0 Å². The Hall–Kier alpha value is -0.570. The Balaban J connectivity index is 1.68. The van der Waals surface area contributed by atoms with Crippen LogP contribution in [0, 0.1) is 11.3 Å². The lowest BCUT2D eigenvalue weighted by Crippen LogP contribution is -2.48. The molecule has 3 nitrogen and oxygen atoms in total. The van der Waals surface area contributed by atoms with E-state index < -0.39 is 0 Å². The van der Waals surface area contributed by atoms with Crippen molar-refractivity contribution in [1.82, 2.24) is 9.80 Å². The van der Waals surface area contributed by atoms with E-state index in [1.165, 1.54) is 32.5 Å². The Bertz CT molecular complexity index is 215. The third-order valence-corrected chi connectivity index (χ3v) is 3.45. The molecule has 1 aliphatic heterocycles. The first kappa shape index (κ1) is 10.9. The van der Waals surface area contributed by atoms with Gasteiger partial charge in [0.15, 0.2) is 0 Å². The fraction of sp³-hybridized carbons (Fsp3) is 0.917. The molecule has 2 fully saturated rings. The number of hydrogen-bond acceptors (Lipinski definition) is 2. The molecular formula is C12H23N3. The quantitative estimate of drug-likeness (QED) is 0.565. The van der Waals surface area contributed by atoms with Crippen LogP contribution in [0.4, 0.5) is 0 Å². The summed E-state index contributed by atoms with van der Waals surface area (Å²) in [7, 11) is 0. The van der Waals surface area contributed by atoms with Crippen LogP contribution >= 0.6 is 0 Å². The molecule has 0 bridgehead atoms. The van der Waals surface area contributed by atoms with Gasteiger partial charge in [-0.1, -0.05) is 6.92 Å². The zero-order chi connectivity index (χ0) is 10.7. The summed E-state index contributed by atoms with van der Waals surface area (Å²) in [6.45, 7) is 7.95. The van der Waals surface area contributed by atoms with Gasteiger partial charge in [-0.2, -0.15) is 0 Å². The minimum absolute atomic E-state index is 0.851. The summed E-state index contributed by atoms with van der Waals surface area (Å²) >= 11 is 0. The van der Waals surface area contributed by atoms with E-state index in [9.17, 15) is 0 Å². The van der Waals surface area contributed by atoms with Gasteiger partial charge in [0.25, 0.3) is 0 Å². The van der Waals surface area contributed by atoms with Crippen molar-refractivity contribution < 1.29 is 0 Å². The van der Waals surface area contributed by atoms with Crippen molar-refractivity contribution in [3.05, 3.63) is 0 Å². The highest BCUT2D eigenvalue weighted by molar-refractivity contribution is 5.79. The summed E-state index contributed by atoms with van der Waals surface area (Å²) in [6, 6.07) is 0. The van der Waals surface area contributed by atoms with Crippen molar-refractivity contribution in [2.75, 3.05) is 32.7 Å². The molecule has 1 N–H and O–H groups in total. The molecule has 86 valence electrons. The van der Waals surface area contributed by atoms with Gasteiger partial charge in [-0.15, -0.1) is 0 Å². The van der Waals surface area contributed by atoms with Gasteiger partial charge >= 0.3 is 0 Å². The summed E-state index contributed by atoms with van der Waals surface area (Å²) in [5.41, 5.74) is 0. The molecule has 0 aromatic rings. The summed E-state index contributed by atoms with van der Waals surface area (Å²) in [5, 5.41) is 7.91. The van der Waals surface area contributed by atoms with Crippen molar-refractivity contribution in [1.29, 1.82) is 5.41 Å². The molecule has 1 saturated heterocycles. The first-order chi connectivity index (χ1) is 7.29. The normalized spacial score (nSPS) is 23.1. The molecule has 0 amide bonds. The Labute approximate surface area is 92.9 Å². The Kier molecular flexibility index (Phi) is 3.62.